The number of carbonyl (C=O) groups excluding carboxylic acids is 1. The Labute approximate surface area is 116 Å². The molecular weight excluding hydrogens is 262 g/mol. The molecule has 1 saturated heterocycles. The van der Waals surface area contributed by atoms with E-state index in [-0.39, 0.29) is 13.2 Å². The maximum Gasteiger partial charge on any atom is 0.508 e. The molecule has 0 amide bonds. The van der Waals surface area contributed by atoms with Gasteiger partial charge in [-0.15, -0.1) is 0 Å². The molecule has 1 aliphatic heterocycles. The molecule has 1 aliphatic rings. The second kappa shape index (κ2) is 5.70. The van der Waals surface area contributed by atoms with E-state index in [1.54, 1.807) is 0 Å². The molecule has 0 N–H and O–H groups in total. The fourth-order valence-corrected chi connectivity index (χ4v) is 2.23. The SMILES string of the molecule is Cc1cc(C)c(OCC2COC(=O)O2)c(C)c1C#[N+][O-]. The first-order valence-corrected chi connectivity index (χ1v) is 6.18. The molecule has 1 fully saturated rings. The Morgan fingerprint density at radius 2 is 2.20 bits per heavy atom. The molecule has 1 atom stereocenters. The van der Waals surface area contributed by atoms with Gasteiger partial charge in [0.1, 0.15) is 24.5 Å². The van der Waals surface area contributed by atoms with Crippen molar-refractivity contribution in [2.24, 2.45) is 0 Å². The summed E-state index contributed by atoms with van der Waals surface area (Å²) >= 11 is 0. The number of nitrogens with zero attached hydrogens (tertiary/aromatic N) is 1. The lowest BCUT2D eigenvalue weighted by Gasteiger charge is -2.15. The van der Waals surface area contributed by atoms with Crippen LogP contribution in [0.2, 0.25) is 0 Å². The zero-order valence-electron chi connectivity index (χ0n) is 11.6. The number of carbonyl (C=O) groups is 1. The largest absolute Gasteiger partial charge is 0.508 e. The Balaban J connectivity index is 2.20. The molecule has 1 heterocycles. The van der Waals surface area contributed by atoms with E-state index in [2.05, 4.69) is 15.8 Å². The summed E-state index contributed by atoms with van der Waals surface area (Å²) < 4.78 is 15.3. The first-order valence-electron chi connectivity index (χ1n) is 6.18. The summed E-state index contributed by atoms with van der Waals surface area (Å²) in [6.07, 6.45) is -1.09. The van der Waals surface area contributed by atoms with E-state index in [1.165, 1.54) is 0 Å². The quantitative estimate of drug-likeness (QED) is 0.627. The highest BCUT2D eigenvalue weighted by Gasteiger charge is 2.26. The molecule has 0 bridgehead atoms. The summed E-state index contributed by atoms with van der Waals surface area (Å²) in [5.41, 5.74) is 3.25. The van der Waals surface area contributed by atoms with Crippen molar-refractivity contribution in [2.75, 3.05) is 13.2 Å². The van der Waals surface area contributed by atoms with Crippen LogP contribution in [0.1, 0.15) is 22.3 Å². The van der Waals surface area contributed by atoms with Gasteiger partial charge in [0, 0.05) is 10.6 Å². The van der Waals surface area contributed by atoms with Crippen LogP contribution in [0.15, 0.2) is 6.07 Å². The van der Waals surface area contributed by atoms with Crippen LogP contribution >= 0.6 is 0 Å². The van der Waals surface area contributed by atoms with E-state index < -0.39 is 12.3 Å². The Morgan fingerprint density at radius 3 is 2.80 bits per heavy atom. The summed E-state index contributed by atoms with van der Waals surface area (Å²) in [4.78, 5) is 10.8. The van der Waals surface area contributed by atoms with Crippen molar-refractivity contribution < 1.29 is 19.0 Å². The first-order chi connectivity index (χ1) is 9.52. The van der Waals surface area contributed by atoms with Crippen molar-refractivity contribution >= 4 is 6.16 Å². The van der Waals surface area contributed by atoms with Crippen LogP contribution in [0.4, 0.5) is 4.79 Å². The van der Waals surface area contributed by atoms with E-state index in [0.717, 1.165) is 16.7 Å². The van der Waals surface area contributed by atoms with Gasteiger partial charge in [-0.2, -0.15) is 0 Å². The fraction of sp³-hybridized carbons (Fsp3) is 0.429. The number of hydrogen-bond donors (Lipinski definition) is 0. The number of hydrogen-bond acceptors (Lipinski definition) is 5. The van der Waals surface area contributed by atoms with E-state index >= 15 is 0 Å². The second-order valence-corrected chi connectivity index (χ2v) is 4.65. The Bertz CT molecular complexity index is 600. The second-order valence-electron chi connectivity index (χ2n) is 4.65. The van der Waals surface area contributed by atoms with Gasteiger partial charge >= 0.3 is 12.2 Å². The van der Waals surface area contributed by atoms with Crippen LogP contribution in [0.25, 0.3) is 5.01 Å². The summed E-state index contributed by atoms with van der Waals surface area (Å²) in [5.74, 6) is 0.643. The average Bonchev–Trinajstić information content (AvgIpc) is 2.80. The highest BCUT2D eigenvalue weighted by atomic mass is 16.8. The van der Waals surface area contributed by atoms with Crippen LogP contribution in [-0.2, 0) is 9.47 Å². The normalized spacial score (nSPS) is 16.9. The van der Waals surface area contributed by atoms with Gasteiger partial charge in [0.25, 0.3) is 0 Å². The molecule has 0 aromatic heterocycles. The smallest absolute Gasteiger partial charge is 0.498 e. The van der Waals surface area contributed by atoms with E-state index in [4.69, 9.17) is 9.47 Å². The summed E-state index contributed by atoms with van der Waals surface area (Å²) in [7, 11) is 0. The monoisotopic (exact) mass is 277 g/mol. The summed E-state index contributed by atoms with van der Waals surface area (Å²) in [6.45, 7) is 6.00. The third-order valence-corrected chi connectivity index (χ3v) is 3.12. The Kier molecular flexibility index (Phi) is 3.99. The molecule has 1 unspecified atom stereocenters. The molecular formula is C14H15NO5. The van der Waals surface area contributed by atoms with Crippen molar-refractivity contribution in [3.8, 4) is 11.8 Å². The lowest BCUT2D eigenvalue weighted by Crippen LogP contribution is -2.20. The average molecular weight is 277 g/mol. The van der Waals surface area contributed by atoms with Gasteiger partial charge in [0.2, 0.25) is 0 Å². The van der Waals surface area contributed by atoms with Crippen LogP contribution in [-0.4, -0.2) is 25.5 Å². The minimum Gasteiger partial charge on any atom is -0.498 e. The lowest BCUT2D eigenvalue weighted by molar-refractivity contribution is 0.0980. The molecule has 2 rings (SSSR count). The predicted octanol–water partition coefficient (Wildman–Crippen LogP) is 2.70. The van der Waals surface area contributed by atoms with Crippen molar-refractivity contribution in [1.29, 1.82) is 0 Å². The van der Waals surface area contributed by atoms with Gasteiger partial charge in [-0.1, -0.05) is 6.07 Å². The van der Waals surface area contributed by atoms with Crippen LogP contribution < -0.4 is 4.74 Å². The van der Waals surface area contributed by atoms with Gasteiger partial charge < -0.3 is 19.4 Å². The molecule has 1 aromatic rings. The van der Waals surface area contributed by atoms with Crippen LogP contribution in [0.3, 0.4) is 0 Å². The number of rotatable bonds is 3. The Morgan fingerprint density at radius 1 is 1.45 bits per heavy atom. The van der Waals surface area contributed by atoms with Gasteiger partial charge in [-0.3, -0.25) is 0 Å². The predicted molar refractivity (Wildman–Crippen MR) is 72.1 cm³/mol. The molecule has 6 nitrogen and oxygen atoms in total. The Hall–Kier alpha value is -2.42. The van der Waals surface area contributed by atoms with Crippen molar-refractivity contribution in [3.63, 3.8) is 0 Å². The molecule has 6 heteroatoms. The molecule has 0 aliphatic carbocycles. The highest BCUT2D eigenvalue weighted by Crippen LogP contribution is 2.29. The minimum absolute atomic E-state index is 0.184. The topological polar surface area (TPSA) is 72.2 Å². The van der Waals surface area contributed by atoms with Gasteiger partial charge in [0.15, 0.2) is 6.10 Å². The van der Waals surface area contributed by atoms with E-state index in [9.17, 15) is 10.0 Å². The summed E-state index contributed by atoms with van der Waals surface area (Å²) in [6, 6.07) is 4.32. The number of ether oxygens (including phenoxy) is 3. The zero-order chi connectivity index (χ0) is 14.7. The molecule has 0 spiro atoms. The van der Waals surface area contributed by atoms with Crippen LogP contribution in [0.5, 0.6) is 5.75 Å². The minimum atomic E-state index is -0.677. The maximum atomic E-state index is 10.8. The maximum absolute atomic E-state index is 10.8. The lowest BCUT2D eigenvalue weighted by atomic mass is 9.99. The first kappa shape index (κ1) is 14.0. The van der Waals surface area contributed by atoms with Crippen molar-refractivity contribution in [1.82, 2.24) is 0 Å². The van der Waals surface area contributed by atoms with Crippen molar-refractivity contribution in [3.05, 3.63) is 38.5 Å². The zero-order valence-corrected chi connectivity index (χ0v) is 11.6. The van der Waals surface area contributed by atoms with Gasteiger partial charge in [0.05, 0.1) is 0 Å². The molecule has 0 saturated carbocycles. The number of cyclic esters (lactones) is 2. The van der Waals surface area contributed by atoms with Gasteiger partial charge in [-0.25, -0.2) is 4.79 Å². The molecule has 106 valence electrons. The van der Waals surface area contributed by atoms with Gasteiger partial charge in [-0.05, 0) is 31.9 Å². The highest BCUT2D eigenvalue weighted by molar-refractivity contribution is 5.61. The number of benzene rings is 1. The third kappa shape index (κ3) is 2.77. The molecule has 1 aromatic carbocycles. The molecule has 20 heavy (non-hydrogen) atoms. The van der Waals surface area contributed by atoms with E-state index in [0.29, 0.717) is 11.3 Å². The number of aryl methyl sites for hydroxylation is 2. The van der Waals surface area contributed by atoms with E-state index in [1.807, 2.05) is 26.8 Å². The summed E-state index contributed by atoms with van der Waals surface area (Å²) in [5, 5.41) is 13.1. The van der Waals surface area contributed by atoms with Crippen LogP contribution in [0, 0.1) is 32.0 Å². The third-order valence-electron chi connectivity index (χ3n) is 3.12. The molecule has 0 radical (unpaired) electrons. The van der Waals surface area contributed by atoms with Crippen molar-refractivity contribution in [2.45, 2.75) is 26.9 Å². The fourth-order valence-electron chi connectivity index (χ4n) is 2.23. The standard InChI is InChI=1S/C14H15NO5/c1-8-4-9(2)13(10(3)12(8)5-15-17)18-6-11-7-19-14(16)20-11/h4,11H,6-7H2,1-3H3.